The Labute approximate surface area is 133 Å². The van der Waals surface area contributed by atoms with E-state index < -0.39 is 0 Å². The molecule has 0 aromatic heterocycles. The maximum atomic E-state index is 6.62. The minimum absolute atomic E-state index is 0.0754. The van der Waals surface area contributed by atoms with E-state index in [1.165, 1.54) is 37.7 Å². The van der Waals surface area contributed by atoms with Gasteiger partial charge in [-0.25, -0.2) is 0 Å². The van der Waals surface area contributed by atoms with Crippen molar-refractivity contribution in [3.8, 4) is 0 Å². The first-order valence-corrected chi connectivity index (χ1v) is 8.64. The Morgan fingerprint density at radius 2 is 2.05 bits per heavy atom. The summed E-state index contributed by atoms with van der Waals surface area (Å²) in [5.74, 6) is 0.508. The predicted octanol–water partition coefficient (Wildman–Crippen LogP) is 4.78. The Balaban J connectivity index is 1.78. The summed E-state index contributed by atoms with van der Waals surface area (Å²) in [5, 5.41) is 0.822. The molecule has 1 saturated carbocycles. The molecule has 1 aromatic rings. The van der Waals surface area contributed by atoms with Crippen LogP contribution in [0.3, 0.4) is 0 Å². The number of halogens is 1. The van der Waals surface area contributed by atoms with E-state index in [2.05, 4.69) is 13.0 Å². The van der Waals surface area contributed by atoms with Gasteiger partial charge in [0.25, 0.3) is 0 Å². The lowest BCUT2D eigenvalue weighted by molar-refractivity contribution is -0.120. The third-order valence-electron chi connectivity index (χ3n) is 5.47. The zero-order valence-corrected chi connectivity index (χ0v) is 13.7. The van der Waals surface area contributed by atoms with Gasteiger partial charge in [0, 0.05) is 17.7 Å². The number of benzene rings is 1. The SMILES string of the molecule is Cc1c(Cl)cccc1C(N)C1CCOC2(CCCCC2)C1. The highest BCUT2D eigenvalue weighted by molar-refractivity contribution is 6.31. The van der Waals surface area contributed by atoms with Crippen LogP contribution < -0.4 is 5.73 Å². The summed E-state index contributed by atoms with van der Waals surface area (Å²) in [7, 11) is 0. The summed E-state index contributed by atoms with van der Waals surface area (Å²) in [5.41, 5.74) is 9.08. The summed E-state index contributed by atoms with van der Waals surface area (Å²) in [4.78, 5) is 0. The number of ether oxygens (including phenoxy) is 1. The first-order valence-electron chi connectivity index (χ1n) is 8.26. The highest BCUT2D eigenvalue weighted by atomic mass is 35.5. The summed E-state index contributed by atoms with van der Waals surface area (Å²) in [6.07, 6.45) is 8.57. The molecule has 1 aromatic carbocycles. The molecule has 2 atom stereocenters. The van der Waals surface area contributed by atoms with Crippen LogP contribution in [0.2, 0.25) is 5.02 Å². The third-order valence-corrected chi connectivity index (χ3v) is 5.88. The second-order valence-corrected chi connectivity index (χ2v) is 7.23. The van der Waals surface area contributed by atoms with Gasteiger partial charge in [0.05, 0.1) is 5.60 Å². The van der Waals surface area contributed by atoms with Crippen LogP contribution in [0.4, 0.5) is 0 Å². The van der Waals surface area contributed by atoms with Gasteiger partial charge >= 0.3 is 0 Å². The van der Waals surface area contributed by atoms with E-state index in [4.69, 9.17) is 22.1 Å². The molecule has 2 fully saturated rings. The minimum Gasteiger partial charge on any atom is -0.375 e. The van der Waals surface area contributed by atoms with Gasteiger partial charge in [-0.05, 0) is 55.7 Å². The molecule has 0 bridgehead atoms. The smallest absolute Gasteiger partial charge is 0.0685 e. The lowest BCUT2D eigenvalue weighted by Gasteiger charge is -2.45. The fourth-order valence-electron chi connectivity index (χ4n) is 4.16. The van der Waals surface area contributed by atoms with Crippen molar-refractivity contribution in [1.82, 2.24) is 0 Å². The standard InChI is InChI=1S/C18H26ClNO/c1-13-15(6-5-7-16(13)19)17(20)14-8-11-21-18(12-14)9-3-2-4-10-18/h5-7,14,17H,2-4,8-12,20H2,1H3. The quantitative estimate of drug-likeness (QED) is 0.853. The van der Waals surface area contributed by atoms with Crippen LogP contribution >= 0.6 is 11.6 Å². The highest BCUT2D eigenvalue weighted by Crippen LogP contribution is 2.44. The third kappa shape index (κ3) is 3.13. The van der Waals surface area contributed by atoms with Gasteiger partial charge in [-0.15, -0.1) is 0 Å². The summed E-state index contributed by atoms with van der Waals surface area (Å²) >= 11 is 6.26. The molecule has 1 heterocycles. The zero-order chi connectivity index (χ0) is 14.9. The number of rotatable bonds is 2. The molecule has 21 heavy (non-hydrogen) atoms. The molecule has 2 N–H and O–H groups in total. The first-order chi connectivity index (χ1) is 10.1. The fraction of sp³-hybridized carbons (Fsp3) is 0.667. The Kier molecular flexibility index (Phi) is 4.58. The molecule has 2 aliphatic rings. The molecule has 0 radical (unpaired) electrons. The summed E-state index contributed by atoms with van der Waals surface area (Å²) < 4.78 is 6.20. The average Bonchev–Trinajstić information content (AvgIpc) is 2.50. The zero-order valence-electron chi connectivity index (χ0n) is 12.9. The predicted molar refractivity (Wildman–Crippen MR) is 87.6 cm³/mol. The Bertz CT molecular complexity index is 490. The van der Waals surface area contributed by atoms with Crippen molar-refractivity contribution >= 4 is 11.6 Å². The molecule has 1 aliphatic carbocycles. The van der Waals surface area contributed by atoms with E-state index in [0.29, 0.717) is 5.92 Å². The molecule has 116 valence electrons. The molecule has 1 aliphatic heterocycles. The molecular weight excluding hydrogens is 282 g/mol. The number of hydrogen-bond donors (Lipinski definition) is 1. The molecule has 1 saturated heterocycles. The Morgan fingerprint density at radius 1 is 1.29 bits per heavy atom. The van der Waals surface area contributed by atoms with Crippen molar-refractivity contribution in [2.75, 3.05) is 6.61 Å². The van der Waals surface area contributed by atoms with Crippen LogP contribution in [-0.2, 0) is 4.74 Å². The highest BCUT2D eigenvalue weighted by Gasteiger charge is 2.40. The van der Waals surface area contributed by atoms with Crippen LogP contribution in [0.5, 0.6) is 0 Å². The molecule has 1 spiro atoms. The van der Waals surface area contributed by atoms with Crippen LogP contribution in [0.15, 0.2) is 18.2 Å². The summed E-state index contributed by atoms with van der Waals surface area (Å²) in [6, 6.07) is 6.17. The number of nitrogens with two attached hydrogens (primary N) is 1. The first kappa shape index (κ1) is 15.3. The van der Waals surface area contributed by atoms with Crippen molar-refractivity contribution in [3.63, 3.8) is 0 Å². The monoisotopic (exact) mass is 307 g/mol. The van der Waals surface area contributed by atoms with Gasteiger partial charge in [-0.1, -0.05) is 43.0 Å². The van der Waals surface area contributed by atoms with E-state index >= 15 is 0 Å². The van der Waals surface area contributed by atoms with Crippen LogP contribution in [0.25, 0.3) is 0 Å². The molecule has 3 heteroatoms. The Hall–Kier alpha value is -0.570. The van der Waals surface area contributed by atoms with Gasteiger partial charge in [-0.2, -0.15) is 0 Å². The van der Waals surface area contributed by atoms with Gasteiger partial charge in [0.15, 0.2) is 0 Å². The van der Waals surface area contributed by atoms with E-state index in [1.54, 1.807) is 0 Å². The summed E-state index contributed by atoms with van der Waals surface area (Å²) in [6.45, 7) is 2.94. The van der Waals surface area contributed by atoms with Crippen LogP contribution in [0, 0.1) is 12.8 Å². The minimum atomic E-state index is 0.0754. The van der Waals surface area contributed by atoms with E-state index in [-0.39, 0.29) is 11.6 Å². The number of hydrogen-bond acceptors (Lipinski definition) is 2. The van der Waals surface area contributed by atoms with Crippen LogP contribution in [-0.4, -0.2) is 12.2 Å². The van der Waals surface area contributed by atoms with Crippen molar-refractivity contribution in [1.29, 1.82) is 0 Å². The maximum Gasteiger partial charge on any atom is 0.0685 e. The maximum absolute atomic E-state index is 6.62. The normalized spacial score (nSPS) is 26.7. The van der Waals surface area contributed by atoms with Gasteiger partial charge in [-0.3, -0.25) is 0 Å². The fourth-order valence-corrected chi connectivity index (χ4v) is 4.34. The van der Waals surface area contributed by atoms with Gasteiger partial charge in [0.1, 0.15) is 0 Å². The second kappa shape index (κ2) is 6.28. The van der Waals surface area contributed by atoms with E-state index in [9.17, 15) is 0 Å². The van der Waals surface area contributed by atoms with E-state index in [0.717, 1.165) is 30.0 Å². The van der Waals surface area contributed by atoms with Crippen molar-refractivity contribution < 1.29 is 4.74 Å². The topological polar surface area (TPSA) is 35.2 Å². The van der Waals surface area contributed by atoms with Gasteiger partial charge < -0.3 is 10.5 Å². The molecule has 0 amide bonds. The van der Waals surface area contributed by atoms with Crippen molar-refractivity contribution in [2.24, 2.45) is 11.7 Å². The Morgan fingerprint density at radius 3 is 2.81 bits per heavy atom. The molecule has 2 unspecified atom stereocenters. The van der Waals surface area contributed by atoms with Crippen molar-refractivity contribution in [2.45, 2.75) is 63.5 Å². The van der Waals surface area contributed by atoms with E-state index in [1.807, 2.05) is 12.1 Å². The largest absolute Gasteiger partial charge is 0.375 e. The molecule has 3 rings (SSSR count). The van der Waals surface area contributed by atoms with Crippen LogP contribution in [0.1, 0.15) is 62.1 Å². The van der Waals surface area contributed by atoms with Gasteiger partial charge in [0.2, 0.25) is 0 Å². The average molecular weight is 308 g/mol. The van der Waals surface area contributed by atoms with Crippen molar-refractivity contribution in [3.05, 3.63) is 34.3 Å². The second-order valence-electron chi connectivity index (χ2n) is 6.82. The lowest BCUT2D eigenvalue weighted by atomic mass is 9.73. The lowest BCUT2D eigenvalue weighted by Crippen LogP contribution is -2.44. The molecule has 2 nitrogen and oxygen atoms in total. The molecular formula is C18H26ClNO.